The van der Waals surface area contributed by atoms with Crippen LogP contribution >= 0.6 is 0 Å². The van der Waals surface area contributed by atoms with Crippen molar-refractivity contribution in [2.75, 3.05) is 5.01 Å². The number of para-hydroxylation sites is 1. The largest absolute Gasteiger partial charge is 0.436 e. The molecule has 1 fully saturated rings. The number of amides is 1. The summed E-state index contributed by atoms with van der Waals surface area (Å²) in [7, 11) is 0. The van der Waals surface area contributed by atoms with Crippen molar-refractivity contribution in [3.63, 3.8) is 0 Å². The maximum absolute atomic E-state index is 13.4. The van der Waals surface area contributed by atoms with Crippen molar-refractivity contribution < 1.29 is 27.5 Å². The number of hydrogen-bond acceptors (Lipinski definition) is 3. The first-order chi connectivity index (χ1) is 8.27. The van der Waals surface area contributed by atoms with Crippen LogP contribution in [0.25, 0.3) is 0 Å². The Morgan fingerprint density at radius 3 is 2.28 bits per heavy atom. The second-order valence-electron chi connectivity index (χ2n) is 3.75. The summed E-state index contributed by atoms with van der Waals surface area (Å²) in [6.45, 7) is 0. The van der Waals surface area contributed by atoms with Gasteiger partial charge in [-0.15, -0.1) is 0 Å². The first kappa shape index (κ1) is 12.8. The fraction of sp³-hybridized carbons (Fsp3) is 0.300. The SMILES string of the molecule is O=C1C(F)C(O)(C(F)(F)F)NN1c1ccccc1. The lowest BCUT2D eigenvalue weighted by molar-refractivity contribution is -0.281. The molecule has 18 heavy (non-hydrogen) atoms. The summed E-state index contributed by atoms with van der Waals surface area (Å²) in [5.41, 5.74) is -2.44. The van der Waals surface area contributed by atoms with E-state index in [0.29, 0.717) is 5.01 Å². The number of nitrogens with zero attached hydrogens (tertiary/aromatic N) is 1. The molecule has 1 aliphatic rings. The molecule has 98 valence electrons. The van der Waals surface area contributed by atoms with Crippen LogP contribution in [-0.4, -0.2) is 29.1 Å². The average molecular weight is 264 g/mol. The average Bonchev–Trinajstić information content (AvgIpc) is 2.55. The number of carbonyl (C=O) groups excluding carboxylic acids is 1. The quantitative estimate of drug-likeness (QED) is 0.747. The second kappa shape index (κ2) is 3.92. The third-order valence-electron chi connectivity index (χ3n) is 2.53. The van der Waals surface area contributed by atoms with Crippen LogP contribution in [0.4, 0.5) is 23.2 Å². The predicted octanol–water partition coefficient (Wildman–Crippen LogP) is 1.13. The Balaban J connectivity index is 2.37. The van der Waals surface area contributed by atoms with Gasteiger partial charge in [0.05, 0.1) is 5.69 Å². The van der Waals surface area contributed by atoms with E-state index >= 15 is 0 Å². The van der Waals surface area contributed by atoms with Gasteiger partial charge in [-0.05, 0) is 12.1 Å². The monoisotopic (exact) mass is 264 g/mol. The fourth-order valence-electron chi connectivity index (χ4n) is 1.55. The molecule has 1 heterocycles. The first-order valence-electron chi connectivity index (χ1n) is 4.87. The highest BCUT2D eigenvalue weighted by Crippen LogP contribution is 2.38. The minimum Gasteiger partial charge on any atom is -0.364 e. The van der Waals surface area contributed by atoms with Crippen molar-refractivity contribution in [3.05, 3.63) is 30.3 Å². The number of aliphatic hydroxyl groups is 1. The van der Waals surface area contributed by atoms with E-state index in [1.54, 1.807) is 6.07 Å². The van der Waals surface area contributed by atoms with E-state index in [9.17, 15) is 27.5 Å². The zero-order valence-corrected chi connectivity index (χ0v) is 8.78. The molecule has 2 N–H and O–H groups in total. The normalized spacial score (nSPS) is 28.8. The van der Waals surface area contributed by atoms with Gasteiger partial charge in [0.2, 0.25) is 6.17 Å². The molecule has 1 aliphatic heterocycles. The van der Waals surface area contributed by atoms with Crippen LogP contribution in [0, 0.1) is 0 Å². The molecule has 0 radical (unpaired) electrons. The smallest absolute Gasteiger partial charge is 0.364 e. The molecule has 2 unspecified atom stereocenters. The third kappa shape index (κ3) is 1.73. The molecule has 1 saturated heterocycles. The van der Waals surface area contributed by atoms with Crippen molar-refractivity contribution in [3.8, 4) is 0 Å². The van der Waals surface area contributed by atoms with Gasteiger partial charge in [-0.25, -0.2) is 9.40 Å². The third-order valence-corrected chi connectivity index (χ3v) is 2.53. The summed E-state index contributed by atoms with van der Waals surface area (Å²) in [4.78, 5) is 11.4. The van der Waals surface area contributed by atoms with E-state index in [1.807, 2.05) is 0 Å². The highest BCUT2D eigenvalue weighted by Gasteiger charge is 2.68. The zero-order valence-electron chi connectivity index (χ0n) is 8.78. The van der Waals surface area contributed by atoms with Crippen LogP contribution in [0.3, 0.4) is 0 Å². The Kier molecular flexibility index (Phi) is 2.78. The van der Waals surface area contributed by atoms with E-state index in [1.165, 1.54) is 29.7 Å². The van der Waals surface area contributed by atoms with Crippen LogP contribution in [0.15, 0.2) is 30.3 Å². The molecule has 0 bridgehead atoms. The molecular weight excluding hydrogens is 256 g/mol. The molecule has 0 aliphatic carbocycles. The number of hydrazine groups is 1. The number of rotatable bonds is 1. The Bertz CT molecular complexity index is 465. The number of nitrogens with one attached hydrogen (secondary N) is 1. The Morgan fingerprint density at radius 2 is 1.83 bits per heavy atom. The van der Waals surface area contributed by atoms with Gasteiger partial charge in [0.1, 0.15) is 0 Å². The lowest BCUT2D eigenvalue weighted by Crippen LogP contribution is -2.60. The highest BCUT2D eigenvalue weighted by molar-refractivity contribution is 5.99. The standard InChI is InChI=1S/C10H8F4N2O2/c11-7-8(17)16(6-4-2-1-3-5-6)15-9(7,18)10(12,13)14/h1-5,7,15,18H. The predicted molar refractivity (Wildman–Crippen MR) is 53.0 cm³/mol. The maximum Gasteiger partial charge on any atom is 0.436 e. The summed E-state index contributed by atoms with van der Waals surface area (Å²) in [6.07, 6.45) is -8.43. The van der Waals surface area contributed by atoms with E-state index in [4.69, 9.17) is 0 Å². The summed E-state index contributed by atoms with van der Waals surface area (Å²) < 4.78 is 51.0. The lowest BCUT2D eigenvalue weighted by atomic mass is 10.1. The van der Waals surface area contributed by atoms with Crippen LogP contribution in [0.5, 0.6) is 0 Å². The number of alkyl halides is 4. The molecule has 0 spiro atoms. The van der Waals surface area contributed by atoms with Crippen molar-refractivity contribution in [1.29, 1.82) is 0 Å². The summed E-state index contributed by atoms with van der Waals surface area (Å²) in [5.74, 6) is -1.50. The number of hydrogen-bond donors (Lipinski definition) is 2. The zero-order chi connectivity index (χ0) is 13.6. The lowest BCUT2D eigenvalue weighted by Gasteiger charge is -2.27. The first-order valence-corrected chi connectivity index (χ1v) is 4.87. The topological polar surface area (TPSA) is 52.6 Å². The number of anilines is 1. The highest BCUT2D eigenvalue weighted by atomic mass is 19.4. The number of halogens is 4. The minimum absolute atomic E-state index is 0.00493. The Hall–Kier alpha value is -1.67. The molecule has 2 rings (SSSR count). The van der Waals surface area contributed by atoms with Gasteiger partial charge in [-0.3, -0.25) is 4.79 Å². The van der Waals surface area contributed by atoms with Gasteiger partial charge < -0.3 is 5.11 Å². The van der Waals surface area contributed by atoms with Gasteiger partial charge in [0.15, 0.2) is 0 Å². The van der Waals surface area contributed by atoms with Crippen molar-refractivity contribution in [2.45, 2.75) is 18.1 Å². The van der Waals surface area contributed by atoms with Crippen molar-refractivity contribution in [2.24, 2.45) is 0 Å². The van der Waals surface area contributed by atoms with E-state index < -0.39 is 24.0 Å². The number of benzene rings is 1. The molecule has 1 amide bonds. The number of carbonyl (C=O) groups is 1. The van der Waals surface area contributed by atoms with Crippen LogP contribution in [0.1, 0.15) is 0 Å². The van der Waals surface area contributed by atoms with Crippen molar-refractivity contribution >= 4 is 11.6 Å². The molecule has 8 heteroatoms. The molecule has 1 aromatic carbocycles. The molecule has 4 nitrogen and oxygen atoms in total. The van der Waals surface area contributed by atoms with Gasteiger partial charge in [0.25, 0.3) is 11.6 Å². The summed E-state index contributed by atoms with van der Waals surface area (Å²) >= 11 is 0. The van der Waals surface area contributed by atoms with Gasteiger partial charge in [-0.2, -0.15) is 18.6 Å². The fourth-order valence-corrected chi connectivity index (χ4v) is 1.55. The Morgan fingerprint density at radius 1 is 1.28 bits per heavy atom. The van der Waals surface area contributed by atoms with Crippen LogP contribution in [-0.2, 0) is 4.79 Å². The molecule has 1 aromatic rings. The maximum atomic E-state index is 13.4. The van der Waals surface area contributed by atoms with Crippen LogP contribution in [0.2, 0.25) is 0 Å². The molecule has 0 aromatic heterocycles. The van der Waals surface area contributed by atoms with Gasteiger partial charge in [-0.1, -0.05) is 18.2 Å². The van der Waals surface area contributed by atoms with Gasteiger partial charge >= 0.3 is 6.18 Å². The second-order valence-corrected chi connectivity index (χ2v) is 3.75. The summed E-state index contributed by atoms with van der Waals surface area (Å²) in [6, 6.07) is 7.11. The van der Waals surface area contributed by atoms with E-state index in [-0.39, 0.29) is 5.69 Å². The molecule has 0 saturated carbocycles. The van der Waals surface area contributed by atoms with Gasteiger partial charge in [0, 0.05) is 0 Å². The van der Waals surface area contributed by atoms with E-state index in [2.05, 4.69) is 0 Å². The molecule has 2 atom stereocenters. The van der Waals surface area contributed by atoms with Crippen LogP contribution < -0.4 is 10.4 Å². The van der Waals surface area contributed by atoms with E-state index in [0.717, 1.165) is 0 Å². The minimum atomic E-state index is -5.31. The Labute approximate surface area is 98.8 Å². The summed E-state index contributed by atoms with van der Waals surface area (Å²) in [5, 5.41) is 9.57. The van der Waals surface area contributed by atoms with Crippen molar-refractivity contribution in [1.82, 2.24) is 5.43 Å². The molecular formula is C10H8F4N2O2.